The topological polar surface area (TPSA) is 68.3 Å². The number of nitrogens with zero attached hydrogens (tertiary/aromatic N) is 1. The second-order valence-electron chi connectivity index (χ2n) is 3.08. The van der Waals surface area contributed by atoms with Crippen molar-refractivity contribution in [1.29, 1.82) is 0 Å². The van der Waals surface area contributed by atoms with Gasteiger partial charge in [-0.25, -0.2) is 18.1 Å². The van der Waals surface area contributed by atoms with Gasteiger partial charge in [-0.05, 0) is 18.6 Å². The van der Waals surface area contributed by atoms with Gasteiger partial charge in [-0.15, -0.1) is 0 Å². The first-order valence-corrected chi connectivity index (χ1v) is 6.77. The Balaban J connectivity index is 2.58. The standard InChI is InChI=1S/C10H13ClN2O3S/c1-2-16-8-4-7-13-17(14,15)9-5-3-6-12-10(9)11/h2-3,5-6,13H,1,4,7-8H2. The number of aromatic nitrogens is 1. The molecule has 0 saturated heterocycles. The van der Waals surface area contributed by atoms with Crippen molar-refractivity contribution in [3.63, 3.8) is 0 Å². The van der Waals surface area contributed by atoms with Crippen LogP contribution in [-0.2, 0) is 14.8 Å². The second kappa shape index (κ2) is 6.58. The molecule has 0 radical (unpaired) electrons. The lowest BCUT2D eigenvalue weighted by atomic mass is 10.5. The number of pyridine rings is 1. The van der Waals surface area contributed by atoms with Crippen molar-refractivity contribution in [2.45, 2.75) is 11.3 Å². The molecule has 0 atom stereocenters. The number of sulfonamides is 1. The summed E-state index contributed by atoms with van der Waals surface area (Å²) >= 11 is 5.70. The Hall–Kier alpha value is -1.11. The van der Waals surface area contributed by atoms with Crippen LogP contribution < -0.4 is 4.72 Å². The van der Waals surface area contributed by atoms with Crippen LogP contribution in [0.15, 0.2) is 36.1 Å². The largest absolute Gasteiger partial charge is 0.502 e. The van der Waals surface area contributed by atoms with Crippen molar-refractivity contribution in [2.24, 2.45) is 0 Å². The summed E-state index contributed by atoms with van der Waals surface area (Å²) in [4.78, 5) is 3.69. The van der Waals surface area contributed by atoms with Gasteiger partial charge in [0.15, 0.2) is 0 Å². The Morgan fingerprint density at radius 2 is 2.35 bits per heavy atom. The van der Waals surface area contributed by atoms with Crippen LogP contribution >= 0.6 is 11.6 Å². The highest BCUT2D eigenvalue weighted by Gasteiger charge is 2.17. The first kappa shape index (κ1) is 14.0. The lowest BCUT2D eigenvalue weighted by molar-refractivity contribution is 0.247. The van der Waals surface area contributed by atoms with Crippen LogP contribution in [0, 0.1) is 0 Å². The van der Waals surface area contributed by atoms with Crippen LogP contribution in [0.4, 0.5) is 0 Å². The van der Waals surface area contributed by atoms with Crippen LogP contribution in [0.5, 0.6) is 0 Å². The summed E-state index contributed by atoms with van der Waals surface area (Å²) in [6.45, 7) is 4.05. The van der Waals surface area contributed by atoms with E-state index in [-0.39, 0.29) is 16.6 Å². The van der Waals surface area contributed by atoms with E-state index < -0.39 is 10.0 Å². The monoisotopic (exact) mass is 276 g/mol. The van der Waals surface area contributed by atoms with E-state index in [0.29, 0.717) is 13.0 Å². The highest BCUT2D eigenvalue weighted by molar-refractivity contribution is 7.89. The molecular formula is C10H13ClN2O3S. The fourth-order valence-corrected chi connectivity index (χ4v) is 2.62. The molecule has 0 amide bonds. The van der Waals surface area contributed by atoms with E-state index >= 15 is 0 Å². The van der Waals surface area contributed by atoms with Gasteiger partial charge in [-0.2, -0.15) is 0 Å². The van der Waals surface area contributed by atoms with Crippen LogP contribution in [0.25, 0.3) is 0 Å². The predicted octanol–water partition coefficient (Wildman–Crippen LogP) is 1.56. The third-order valence-electron chi connectivity index (χ3n) is 1.86. The van der Waals surface area contributed by atoms with Gasteiger partial charge in [-0.3, -0.25) is 0 Å². The van der Waals surface area contributed by atoms with Gasteiger partial charge in [-0.1, -0.05) is 18.2 Å². The normalized spacial score (nSPS) is 11.1. The number of ether oxygens (including phenoxy) is 1. The van der Waals surface area contributed by atoms with E-state index in [4.69, 9.17) is 16.3 Å². The van der Waals surface area contributed by atoms with Crippen LogP contribution in [-0.4, -0.2) is 26.6 Å². The molecule has 1 aromatic heterocycles. The first-order chi connectivity index (χ1) is 8.08. The maximum Gasteiger partial charge on any atom is 0.243 e. The molecule has 0 spiro atoms. The fraction of sp³-hybridized carbons (Fsp3) is 0.300. The van der Waals surface area contributed by atoms with Crippen molar-refractivity contribution < 1.29 is 13.2 Å². The molecule has 0 unspecified atom stereocenters. The Labute approximate surface area is 106 Å². The summed E-state index contributed by atoms with van der Waals surface area (Å²) in [6, 6.07) is 2.92. The zero-order valence-electron chi connectivity index (χ0n) is 9.10. The fourth-order valence-electron chi connectivity index (χ4n) is 1.09. The minimum Gasteiger partial charge on any atom is -0.502 e. The minimum absolute atomic E-state index is 0.0219. The molecule has 1 rings (SSSR count). The Kier molecular flexibility index (Phi) is 5.40. The van der Waals surface area contributed by atoms with E-state index in [2.05, 4.69) is 16.3 Å². The van der Waals surface area contributed by atoms with E-state index in [9.17, 15) is 8.42 Å². The molecule has 0 aromatic carbocycles. The summed E-state index contributed by atoms with van der Waals surface area (Å²) < 4.78 is 30.9. The molecule has 0 bridgehead atoms. The van der Waals surface area contributed by atoms with Crippen molar-refractivity contribution >= 4 is 21.6 Å². The van der Waals surface area contributed by atoms with Gasteiger partial charge in [0, 0.05) is 12.7 Å². The molecule has 0 saturated carbocycles. The zero-order chi connectivity index (χ0) is 12.7. The van der Waals surface area contributed by atoms with Crippen molar-refractivity contribution in [1.82, 2.24) is 9.71 Å². The molecule has 0 aliphatic carbocycles. The van der Waals surface area contributed by atoms with E-state index in [1.165, 1.54) is 24.6 Å². The van der Waals surface area contributed by atoms with Gasteiger partial charge in [0.2, 0.25) is 10.0 Å². The summed E-state index contributed by atoms with van der Waals surface area (Å²) in [7, 11) is -3.60. The van der Waals surface area contributed by atoms with E-state index in [1.807, 2.05) is 0 Å². The molecule has 17 heavy (non-hydrogen) atoms. The van der Waals surface area contributed by atoms with E-state index in [1.54, 1.807) is 0 Å². The Morgan fingerprint density at radius 1 is 1.59 bits per heavy atom. The zero-order valence-corrected chi connectivity index (χ0v) is 10.7. The average molecular weight is 277 g/mol. The summed E-state index contributed by atoms with van der Waals surface area (Å²) in [5, 5.41) is -0.0395. The predicted molar refractivity (Wildman–Crippen MR) is 65.2 cm³/mol. The van der Waals surface area contributed by atoms with Gasteiger partial charge in [0.05, 0.1) is 12.9 Å². The van der Waals surface area contributed by atoms with Gasteiger partial charge in [0.25, 0.3) is 0 Å². The SMILES string of the molecule is C=COCCCNS(=O)(=O)c1cccnc1Cl. The molecule has 1 N–H and O–H groups in total. The number of hydrogen-bond donors (Lipinski definition) is 1. The first-order valence-electron chi connectivity index (χ1n) is 4.90. The maximum absolute atomic E-state index is 11.8. The molecule has 0 aliphatic rings. The number of hydrogen-bond acceptors (Lipinski definition) is 4. The second-order valence-corrected chi connectivity index (χ2v) is 5.17. The maximum atomic E-state index is 11.8. The van der Waals surface area contributed by atoms with Gasteiger partial charge >= 0.3 is 0 Å². The smallest absolute Gasteiger partial charge is 0.243 e. The lowest BCUT2D eigenvalue weighted by Crippen LogP contribution is -2.25. The molecule has 1 heterocycles. The summed E-state index contributed by atoms with van der Waals surface area (Å²) in [6.07, 6.45) is 3.29. The molecule has 5 nitrogen and oxygen atoms in total. The molecule has 94 valence electrons. The molecular weight excluding hydrogens is 264 g/mol. The summed E-state index contributed by atoms with van der Waals surface area (Å²) in [5.41, 5.74) is 0. The average Bonchev–Trinajstić information content (AvgIpc) is 2.29. The number of halogens is 1. The van der Waals surface area contributed by atoms with Crippen molar-refractivity contribution in [3.05, 3.63) is 36.3 Å². The number of rotatable bonds is 7. The third kappa shape index (κ3) is 4.33. The van der Waals surface area contributed by atoms with Crippen LogP contribution in [0.2, 0.25) is 5.15 Å². The quantitative estimate of drug-likeness (QED) is 0.466. The molecule has 0 aliphatic heterocycles. The molecule has 1 aromatic rings. The van der Waals surface area contributed by atoms with Gasteiger partial charge < -0.3 is 4.74 Å². The highest BCUT2D eigenvalue weighted by Crippen LogP contribution is 2.17. The van der Waals surface area contributed by atoms with Crippen LogP contribution in [0.1, 0.15) is 6.42 Å². The van der Waals surface area contributed by atoms with Crippen molar-refractivity contribution in [2.75, 3.05) is 13.2 Å². The van der Waals surface area contributed by atoms with Crippen LogP contribution in [0.3, 0.4) is 0 Å². The Morgan fingerprint density at radius 3 is 3.00 bits per heavy atom. The molecule has 7 heteroatoms. The van der Waals surface area contributed by atoms with Gasteiger partial charge in [0.1, 0.15) is 10.0 Å². The lowest BCUT2D eigenvalue weighted by Gasteiger charge is -2.07. The third-order valence-corrected chi connectivity index (χ3v) is 3.77. The highest BCUT2D eigenvalue weighted by atomic mass is 35.5. The number of nitrogens with one attached hydrogen (secondary N) is 1. The Bertz CT molecular complexity index is 476. The molecule has 0 fully saturated rings. The van der Waals surface area contributed by atoms with E-state index in [0.717, 1.165) is 0 Å². The minimum atomic E-state index is -3.60. The summed E-state index contributed by atoms with van der Waals surface area (Å²) in [5.74, 6) is 0. The van der Waals surface area contributed by atoms with Crippen molar-refractivity contribution in [3.8, 4) is 0 Å².